The Morgan fingerprint density at radius 2 is 2.00 bits per heavy atom. The van der Waals surface area contributed by atoms with E-state index in [1.165, 1.54) is 0 Å². The maximum atomic E-state index is 12.2. The molecule has 6 heteroatoms. The largest absolute Gasteiger partial charge is 0.493 e. The van der Waals surface area contributed by atoms with E-state index in [0.29, 0.717) is 12.4 Å². The van der Waals surface area contributed by atoms with Crippen molar-refractivity contribution >= 4 is 11.8 Å². The molecule has 1 aliphatic heterocycles. The van der Waals surface area contributed by atoms with E-state index in [9.17, 15) is 9.59 Å². The highest BCUT2D eigenvalue weighted by Crippen LogP contribution is 2.26. The maximum Gasteiger partial charge on any atom is 0.279 e. The third kappa shape index (κ3) is 4.58. The lowest BCUT2D eigenvalue weighted by Gasteiger charge is -2.17. The Morgan fingerprint density at radius 1 is 1.19 bits per heavy atom. The highest BCUT2D eigenvalue weighted by molar-refractivity contribution is 5.85. The van der Waals surface area contributed by atoms with E-state index >= 15 is 0 Å². The lowest BCUT2D eigenvalue weighted by Crippen LogP contribution is -2.47. The Labute approximate surface area is 158 Å². The number of amides is 2. The molecule has 1 atom stereocenters. The molecule has 2 N–H and O–H groups in total. The van der Waals surface area contributed by atoms with Crippen LogP contribution in [0.5, 0.6) is 11.5 Å². The van der Waals surface area contributed by atoms with Gasteiger partial charge in [0, 0.05) is 6.42 Å². The molecule has 1 aliphatic rings. The molecule has 2 aromatic carbocycles. The predicted octanol–water partition coefficient (Wildman–Crippen LogP) is 2.40. The number of carbonyl (C=O) groups excluding carboxylic acids is 2. The van der Waals surface area contributed by atoms with E-state index in [-0.39, 0.29) is 12.3 Å². The van der Waals surface area contributed by atoms with Crippen molar-refractivity contribution in [2.45, 2.75) is 39.7 Å². The SMILES string of the molecule is Cc1cccc(OC(C)C(=O)NNC(=O)Cc2ccc3c(c2)CCO3)c1C. The fraction of sp³-hybridized carbons (Fsp3) is 0.333. The topological polar surface area (TPSA) is 76.7 Å². The number of hydrazine groups is 1. The minimum atomic E-state index is -0.733. The van der Waals surface area contributed by atoms with Crippen LogP contribution < -0.4 is 20.3 Å². The summed E-state index contributed by atoms with van der Waals surface area (Å²) < 4.78 is 11.2. The molecule has 1 unspecified atom stereocenters. The van der Waals surface area contributed by atoms with Crippen LogP contribution in [0.1, 0.15) is 29.2 Å². The van der Waals surface area contributed by atoms with Gasteiger partial charge in [-0.2, -0.15) is 0 Å². The second-order valence-corrected chi connectivity index (χ2v) is 6.71. The van der Waals surface area contributed by atoms with Gasteiger partial charge in [-0.25, -0.2) is 0 Å². The summed E-state index contributed by atoms with van der Waals surface area (Å²) in [6, 6.07) is 11.4. The molecule has 0 fully saturated rings. The zero-order chi connectivity index (χ0) is 19.4. The molecule has 0 aliphatic carbocycles. The lowest BCUT2D eigenvalue weighted by atomic mass is 10.1. The minimum Gasteiger partial charge on any atom is -0.493 e. The Balaban J connectivity index is 1.49. The van der Waals surface area contributed by atoms with Crippen LogP contribution in [0, 0.1) is 13.8 Å². The molecule has 0 saturated carbocycles. The summed E-state index contributed by atoms with van der Waals surface area (Å²) >= 11 is 0. The molecule has 6 nitrogen and oxygen atoms in total. The smallest absolute Gasteiger partial charge is 0.279 e. The Hall–Kier alpha value is -3.02. The Morgan fingerprint density at radius 3 is 2.81 bits per heavy atom. The predicted molar refractivity (Wildman–Crippen MR) is 102 cm³/mol. The van der Waals surface area contributed by atoms with Crippen LogP contribution in [0.15, 0.2) is 36.4 Å². The average molecular weight is 368 g/mol. The number of carbonyl (C=O) groups is 2. The normalized spacial score (nSPS) is 13.3. The number of fused-ring (bicyclic) bond motifs is 1. The van der Waals surface area contributed by atoms with Crippen molar-refractivity contribution in [3.63, 3.8) is 0 Å². The van der Waals surface area contributed by atoms with Crippen LogP contribution in [-0.4, -0.2) is 24.5 Å². The van der Waals surface area contributed by atoms with Crippen LogP contribution in [0.25, 0.3) is 0 Å². The summed E-state index contributed by atoms with van der Waals surface area (Å²) in [5.41, 5.74) is 8.93. The molecule has 1 heterocycles. The van der Waals surface area contributed by atoms with Gasteiger partial charge in [0.1, 0.15) is 11.5 Å². The zero-order valence-electron chi connectivity index (χ0n) is 15.8. The van der Waals surface area contributed by atoms with Crippen molar-refractivity contribution in [3.8, 4) is 11.5 Å². The number of ether oxygens (including phenoxy) is 2. The molecule has 2 amide bonds. The summed E-state index contributed by atoms with van der Waals surface area (Å²) in [5, 5.41) is 0. The van der Waals surface area contributed by atoms with Crippen molar-refractivity contribution in [1.82, 2.24) is 10.9 Å². The first-order chi connectivity index (χ1) is 12.9. The van der Waals surface area contributed by atoms with Gasteiger partial charge >= 0.3 is 0 Å². The molecular weight excluding hydrogens is 344 g/mol. The van der Waals surface area contributed by atoms with Gasteiger partial charge in [-0.05, 0) is 55.2 Å². The van der Waals surface area contributed by atoms with Gasteiger partial charge in [-0.1, -0.05) is 24.3 Å². The quantitative estimate of drug-likeness (QED) is 0.795. The van der Waals surface area contributed by atoms with Crippen molar-refractivity contribution in [3.05, 3.63) is 58.7 Å². The third-order valence-corrected chi connectivity index (χ3v) is 4.67. The number of rotatable bonds is 5. The van der Waals surface area contributed by atoms with E-state index < -0.39 is 12.0 Å². The van der Waals surface area contributed by atoms with Crippen LogP contribution >= 0.6 is 0 Å². The second-order valence-electron chi connectivity index (χ2n) is 6.71. The fourth-order valence-electron chi connectivity index (χ4n) is 2.91. The van der Waals surface area contributed by atoms with E-state index in [2.05, 4.69) is 10.9 Å². The van der Waals surface area contributed by atoms with Gasteiger partial charge in [-0.15, -0.1) is 0 Å². The first-order valence-electron chi connectivity index (χ1n) is 9.00. The third-order valence-electron chi connectivity index (χ3n) is 4.67. The lowest BCUT2D eigenvalue weighted by molar-refractivity contribution is -0.132. The Bertz CT molecular complexity index is 863. The molecule has 0 aromatic heterocycles. The molecular formula is C21H24N2O4. The van der Waals surface area contributed by atoms with Crippen LogP contribution in [0.3, 0.4) is 0 Å². The van der Waals surface area contributed by atoms with Gasteiger partial charge in [-0.3, -0.25) is 20.4 Å². The minimum absolute atomic E-state index is 0.180. The van der Waals surface area contributed by atoms with Gasteiger partial charge in [0.25, 0.3) is 5.91 Å². The number of aryl methyl sites for hydroxylation is 1. The van der Waals surface area contributed by atoms with Crippen molar-refractivity contribution < 1.29 is 19.1 Å². The summed E-state index contributed by atoms with van der Waals surface area (Å²) in [4.78, 5) is 24.3. The van der Waals surface area contributed by atoms with Gasteiger partial charge in [0.15, 0.2) is 6.10 Å². The van der Waals surface area contributed by atoms with Crippen molar-refractivity contribution in [1.29, 1.82) is 0 Å². The summed E-state index contributed by atoms with van der Waals surface area (Å²) in [5.74, 6) is 0.835. The van der Waals surface area contributed by atoms with Crippen molar-refractivity contribution in [2.75, 3.05) is 6.61 Å². The van der Waals surface area contributed by atoms with E-state index in [1.807, 2.05) is 50.2 Å². The second kappa shape index (κ2) is 8.12. The summed E-state index contributed by atoms with van der Waals surface area (Å²) in [7, 11) is 0. The van der Waals surface area contributed by atoms with Crippen LogP contribution in [-0.2, 0) is 22.4 Å². The first kappa shape index (κ1) is 18.8. The van der Waals surface area contributed by atoms with E-state index in [1.54, 1.807) is 6.92 Å². The van der Waals surface area contributed by atoms with E-state index in [4.69, 9.17) is 9.47 Å². The number of nitrogens with one attached hydrogen (secondary N) is 2. The van der Waals surface area contributed by atoms with Gasteiger partial charge in [0.2, 0.25) is 5.91 Å². The molecule has 0 spiro atoms. The Kier molecular flexibility index (Phi) is 5.64. The first-order valence-corrected chi connectivity index (χ1v) is 9.00. The average Bonchev–Trinajstić information content (AvgIpc) is 3.11. The molecule has 0 bridgehead atoms. The molecule has 0 radical (unpaired) electrons. The van der Waals surface area contributed by atoms with Crippen LogP contribution in [0.4, 0.5) is 0 Å². The molecule has 2 aromatic rings. The standard InChI is InChI=1S/C21H24N2O4/c1-13-5-4-6-18(14(13)2)27-15(3)21(25)23-22-20(24)12-16-7-8-19-17(11-16)9-10-26-19/h4-8,11,15H,9-10,12H2,1-3H3,(H,22,24)(H,23,25). The van der Waals surface area contributed by atoms with Crippen molar-refractivity contribution in [2.24, 2.45) is 0 Å². The molecule has 27 heavy (non-hydrogen) atoms. The highest BCUT2D eigenvalue weighted by Gasteiger charge is 2.17. The van der Waals surface area contributed by atoms with Crippen LogP contribution in [0.2, 0.25) is 0 Å². The zero-order valence-corrected chi connectivity index (χ0v) is 15.8. The number of benzene rings is 2. The molecule has 0 saturated heterocycles. The number of hydrogen-bond acceptors (Lipinski definition) is 4. The maximum absolute atomic E-state index is 12.2. The number of hydrogen-bond donors (Lipinski definition) is 2. The molecule has 3 rings (SSSR count). The van der Waals surface area contributed by atoms with Gasteiger partial charge < -0.3 is 9.47 Å². The van der Waals surface area contributed by atoms with Gasteiger partial charge in [0.05, 0.1) is 13.0 Å². The summed E-state index contributed by atoms with van der Waals surface area (Å²) in [6.45, 7) is 6.25. The molecule has 142 valence electrons. The highest BCUT2D eigenvalue weighted by atomic mass is 16.5. The summed E-state index contributed by atoms with van der Waals surface area (Å²) in [6.07, 6.45) is 0.303. The van der Waals surface area contributed by atoms with E-state index in [0.717, 1.165) is 34.4 Å². The monoisotopic (exact) mass is 368 g/mol. The fourth-order valence-corrected chi connectivity index (χ4v) is 2.91.